The number of ether oxygens (including phenoxy) is 1. The molecule has 0 amide bonds. The highest BCUT2D eigenvalue weighted by Crippen LogP contribution is 2.30. The first kappa shape index (κ1) is 16.8. The molecule has 1 saturated carbocycles. The van der Waals surface area contributed by atoms with Gasteiger partial charge in [-0.05, 0) is 25.2 Å². The summed E-state index contributed by atoms with van der Waals surface area (Å²) in [5, 5.41) is 8.52. The molecule has 1 aromatic heterocycles. The molecule has 1 aliphatic heterocycles. The van der Waals surface area contributed by atoms with Gasteiger partial charge < -0.3 is 15.0 Å². The van der Waals surface area contributed by atoms with Crippen LogP contribution in [0.15, 0.2) is 0 Å². The predicted molar refractivity (Wildman–Crippen MR) is 93.8 cm³/mol. The third-order valence-electron chi connectivity index (χ3n) is 5.87. The van der Waals surface area contributed by atoms with Gasteiger partial charge in [0.25, 0.3) is 0 Å². The minimum Gasteiger partial charge on any atom is -0.378 e. The number of anilines is 1. The number of hydrogen-bond donors (Lipinski definition) is 1. The van der Waals surface area contributed by atoms with Crippen LogP contribution >= 0.6 is 0 Å². The van der Waals surface area contributed by atoms with E-state index in [1.165, 1.54) is 30.6 Å². The Morgan fingerprint density at radius 1 is 1.22 bits per heavy atom. The topological polar surface area (TPSA) is 42.3 Å². The molecule has 3 atom stereocenters. The second kappa shape index (κ2) is 7.22. The van der Waals surface area contributed by atoms with E-state index in [9.17, 15) is 0 Å². The second-order valence-corrected chi connectivity index (χ2v) is 7.37. The van der Waals surface area contributed by atoms with E-state index < -0.39 is 0 Å². The first-order chi connectivity index (χ1) is 11.1. The van der Waals surface area contributed by atoms with Gasteiger partial charge in [-0.2, -0.15) is 5.10 Å². The van der Waals surface area contributed by atoms with Crippen LogP contribution in [0.1, 0.15) is 44.4 Å². The van der Waals surface area contributed by atoms with E-state index in [2.05, 4.69) is 43.1 Å². The van der Waals surface area contributed by atoms with E-state index in [4.69, 9.17) is 4.74 Å². The maximum atomic E-state index is 5.50. The van der Waals surface area contributed by atoms with Crippen LogP contribution in [0.3, 0.4) is 0 Å². The summed E-state index contributed by atoms with van der Waals surface area (Å²) in [5.41, 5.74) is 2.51. The van der Waals surface area contributed by atoms with E-state index in [1.54, 1.807) is 0 Å². The summed E-state index contributed by atoms with van der Waals surface area (Å²) in [4.78, 5) is 2.42. The van der Waals surface area contributed by atoms with Gasteiger partial charge in [0.2, 0.25) is 0 Å². The molecule has 0 spiro atoms. The summed E-state index contributed by atoms with van der Waals surface area (Å²) < 4.78 is 7.55. The molecule has 1 N–H and O–H groups in total. The SMILES string of the molecule is Cc1nn(C)c(N2CCOCC2)c1CN[C@@H]1CCC[C@@H](C)[C@H]1C. The fourth-order valence-corrected chi connectivity index (χ4v) is 4.17. The average molecular weight is 320 g/mol. The maximum absolute atomic E-state index is 5.50. The molecule has 1 aliphatic carbocycles. The summed E-state index contributed by atoms with van der Waals surface area (Å²) in [7, 11) is 2.06. The van der Waals surface area contributed by atoms with Crippen molar-refractivity contribution in [1.29, 1.82) is 0 Å². The molecule has 5 heteroatoms. The molecule has 2 fully saturated rings. The van der Waals surface area contributed by atoms with Crippen molar-refractivity contribution >= 4 is 5.82 Å². The standard InChI is InChI=1S/C18H32N4O/c1-13-6-5-7-17(14(13)2)19-12-16-15(3)20-21(4)18(16)22-8-10-23-11-9-22/h13-14,17,19H,5-12H2,1-4H3/t13-,14-,17-/m1/s1. The highest BCUT2D eigenvalue weighted by Gasteiger charge is 2.28. The van der Waals surface area contributed by atoms with Gasteiger partial charge in [0, 0.05) is 38.3 Å². The Labute approximate surface area is 140 Å². The van der Waals surface area contributed by atoms with Crippen molar-refractivity contribution in [3.63, 3.8) is 0 Å². The molecule has 5 nitrogen and oxygen atoms in total. The van der Waals surface area contributed by atoms with Gasteiger partial charge in [0.15, 0.2) is 0 Å². The lowest BCUT2D eigenvalue weighted by Crippen LogP contribution is -2.41. The lowest BCUT2D eigenvalue weighted by Gasteiger charge is -2.35. The van der Waals surface area contributed by atoms with Crippen molar-refractivity contribution in [1.82, 2.24) is 15.1 Å². The number of aryl methyl sites for hydroxylation is 2. The molecule has 0 bridgehead atoms. The lowest BCUT2D eigenvalue weighted by atomic mass is 9.78. The Bertz CT molecular complexity index is 521. The Hall–Kier alpha value is -1.07. The van der Waals surface area contributed by atoms with E-state index >= 15 is 0 Å². The summed E-state index contributed by atoms with van der Waals surface area (Å²) in [6.07, 6.45) is 4.04. The average Bonchev–Trinajstić information content (AvgIpc) is 2.83. The van der Waals surface area contributed by atoms with Gasteiger partial charge in [-0.25, -0.2) is 0 Å². The Kier molecular flexibility index (Phi) is 5.27. The molecule has 1 saturated heterocycles. The number of morpholine rings is 1. The minimum atomic E-state index is 0.635. The Balaban J connectivity index is 1.72. The van der Waals surface area contributed by atoms with Crippen molar-refractivity contribution in [3.8, 4) is 0 Å². The van der Waals surface area contributed by atoms with Crippen LogP contribution in [0.5, 0.6) is 0 Å². The fraction of sp³-hybridized carbons (Fsp3) is 0.833. The summed E-state index contributed by atoms with van der Waals surface area (Å²) >= 11 is 0. The third-order valence-corrected chi connectivity index (χ3v) is 5.87. The third kappa shape index (κ3) is 3.56. The molecule has 1 aromatic rings. The molecular formula is C18H32N4O. The zero-order valence-corrected chi connectivity index (χ0v) is 15.1. The maximum Gasteiger partial charge on any atom is 0.131 e. The predicted octanol–water partition coefficient (Wildman–Crippen LogP) is 2.48. The van der Waals surface area contributed by atoms with E-state index in [1.807, 2.05) is 4.68 Å². The molecule has 2 aliphatic rings. The summed E-state index contributed by atoms with van der Waals surface area (Å²) in [6, 6.07) is 0.635. The fourth-order valence-electron chi connectivity index (χ4n) is 4.17. The van der Waals surface area contributed by atoms with Gasteiger partial charge >= 0.3 is 0 Å². The van der Waals surface area contributed by atoms with Gasteiger partial charge in [-0.15, -0.1) is 0 Å². The van der Waals surface area contributed by atoms with Gasteiger partial charge in [-0.3, -0.25) is 4.68 Å². The van der Waals surface area contributed by atoms with Crippen LogP contribution in [-0.2, 0) is 18.3 Å². The number of nitrogens with zero attached hydrogens (tertiary/aromatic N) is 3. The van der Waals surface area contributed by atoms with E-state index in [0.29, 0.717) is 6.04 Å². The van der Waals surface area contributed by atoms with Crippen molar-refractivity contribution in [2.24, 2.45) is 18.9 Å². The summed E-state index contributed by atoms with van der Waals surface area (Å²) in [5.74, 6) is 2.86. The van der Waals surface area contributed by atoms with Crippen LogP contribution in [0.4, 0.5) is 5.82 Å². The van der Waals surface area contributed by atoms with Crippen LogP contribution in [-0.4, -0.2) is 42.1 Å². The first-order valence-corrected chi connectivity index (χ1v) is 9.16. The molecule has 130 valence electrons. The van der Waals surface area contributed by atoms with Gasteiger partial charge in [0.05, 0.1) is 18.9 Å². The zero-order valence-electron chi connectivity index (χ0n) is 15.1. The number of nitrogens with one attached hydrogen (secondary N) is 1. The zero-order chi connectivity index (χ0) is 16.4. The van der Waals surface area contributed by atoms with Crippen LogP contribution in [0.2, 0.25) is 0 Å². The molecule has 0 radical (unpaired) electrons. The molecule has 0 unspecified atom stereocenters. The lowest BCUT2D eigenvalue weighted by molar-refractivity contribution is 0.122. The van der Waals surface area contributed by atoms with E-state index in [-0.39, 0.29) is 0 Å². The molecule has 3 rings (SSSR count). The number of rotatable bonds is 4. The molecule has 2 heterocycles. The van der Waals surface area contributed by atoms with Gasteiger partial charge in [0.1, 0.15) is 5.82 Å². The smallest absolute Gasteiger partial charge is 0.131 e. The Morgan fingerprint density at radius 3 is 2.70 bits per heavy atom. The van der Waals surface area contributed by atoms with Crippen molar-refractivity contribution in [2.75, 3.05) is 31.2 Å². The normalized spacial score (nSPS) is 29.0. The van der Waals surface area contributed by atoms with Crippen molar-refractivity contribution in [2.45, 2.75) is 52.6 Å². The first-order valence-electron chi connectivity index (χ1n) is 9.16. The quantitative estimate of drug-likeness (QED) is 0.925. The summed E-state index contributed by atoms with van der Waals surface area (Å²) in [6.45, 7) is 11.4. The molecule has 23 heavy (non-hydrogen) atoms. The van der Waals surface area contributed by atoms with E-state index in [0.717, 1.165) is 50.4 Å². The van der Waals surface area contributed by atoms with Crippen LogP contribution in [0.25, 0.3) is 0 Å². The number of hydrogen-bond acceptors (Lipinski definition) is 4. The molecule has 0 aromatic carbocycles. The monoisotopic (exact) mass is 320 g/mol. The van der Waals surface area contributed by atoms with Crippen LogP contribution in [0, 0.1) is 18.8 Å². The number of aromatic nitrogens is 2. The highest BCUT2D eigenvalue weighted by atomic mass is 16.5. The second-order valence-electron chi connectivity index (χ2n) is 7.37. The highest BCUT2D eigenvalue weighted by molar-refractivity contribution is 5.50. The molecular weight excluding hydrogens is 288 g/mol. The Morgan fingerprint density at radius 2 is 1.96 bits per heavy atom. The van der Waals surface area contributed by atoms with Crippen LogP contribution < -0.4 is 10.2 Å². The van der Waals surface area contributed by atoms with Gasteiger partial charge in [-0.1, -0.05) is 26.7 Å². The minimum absolute atomic E-state index is 0.635. The largest absolute Gasteiger partial charge is 0.378 e. The van der Waals surface area contributed by atoms with Crippen molar-refractivity contribution < 1.29 is 4.74 Å². The van der Waals surface area contributed by atoms with Crippen molar-refractivity contribution in [3.05, 3.63) is 11.3 Å².